The van der Waals surface area contributed by atoms with Gasteiger partial charge in [-0.1, -0.05) is 152 Å². The molecular formula is C56H36N2O. The zero-order valence-corrected chi connectivity index (χ0v) is 32.4. The highest BCUT2D eigenvalue weighted by molar-refractivity contribution is 6.20. The first-order valence-electron chi connectivity index (χ1n) is 20.4. The van der Waals surface area contributed by atoms with E-state index in [2.05, 4.69) is 211 Å². The molecule has 0 fully saturated rings. The number of nitrogens with zero attached hydrogens (tertiary/aromatic N) is 2. The van der Waals surface area contributed by atoms with Gasteiger partial charge in [0.25, 0.3) is 0 Å². The predicted molar refractivity (Wildman–Crippen MR) is 245 cm³/mol. The van der Waals surface area contributed by atoms with Gasteiger partial charge in [0.1, 0.15) is 5.58 Å². The van der Waals surface area contributed by atoms with Crippen LogP contribution in [0.3, 0.4) is 0 Å². The van der Waals surface area contributed by atoms with Gasteiger partial charge in [0.15, 0.2) is 5.58 Å². The molecule has 0 N–H and O–H groups in total. The Balaban J connectivity index is 1.10. The van der Waals surface area contributed by atoms with Gasteiger partial charge in [-0.05, 0) is 94.4 Å². The minimum atomic E-state index is -0.303. The van der Waals surface area contributed by atoms with Crippen molar-refractivity contribution in [2.24, 2.45) is 0 Å². The van der Waals surface area contributed by atoms with Gasteiger partial charge in [0, 0.05) is 49.5 Å². The van der Waals surface area contributed by atoms with Crippen molar-refractivity contribution in [1.82, 2.24) is 4.57 Å². The Morgan fingerprint density at radius 2 is 1.15 bits per heavy atom. The quantitative estimate of drug-likeness (QED) is 0.175. The number of benzene rings is 9. The lowest BCUT2D eigenvalue weighted by Crippen LogP contribution is -2.22. The summed E-state index contributed by atoms with van der Waals surface area (Å²) >= 11 is 0. The van der Waals surface area contributed by atoms with E-state index in [1.54, 1.807) is 0 Å². The summed E-state index contributed by atoms with van der Waals surface area (Å²) in [6.45, 7) is 2.42. The van der Waals surface area contributed by atoms with E-state index >= 15 is 0 Å². The van der Waals surface area contributed by atoms with Crippen LogP contribution in [0.4, 0.5) is 17.1 Å². The van der Waals surface area contributed by atoms with Crippen LogP contribution in [0.1, 0.15) is 23.6 Å². The monoisotopic (exact) mass is 752 g/mol. The molecule has 59 heavy (non-hydrogen) atoms. The van der Waals surface area contributed by atoms with Gasteiger partial charge in [-0.25, -0.2) is 0 Å². The molecule has 3 heteroatoms. The van der Waals surface area contributed by atoms with Crippen LogP contribution in [-0.4, -0.2) is 4.57 Å². The van der Waals surface area contributed by atoms with Crippen molar-refractivity contribution in [3.8, 4) is 39.1 Å². The van der Waals surface area contributed by atoms with Gasteiger partial charge in [-0.2, -0.15) is 0 Å². The van der Waals surface area contributed by atoms with Crippen LogP contribution in [-0.2, 0) is 5.41 Å². The van der Waals surface area contributed by atoms with E-state index in [1.807, 2.05) is 6.07 Å². The SMILES string of the molecule is CC1(c2ccccc2)c2cccc3c2-c2c1ccc1c4cc(N(c5ccc(-c6ccccc6)cc5)c5cccc6c5oc5ccccc56)ccc4n(c21)-c1ccccc1-3. The Morgan fingerprint density at radius 3 is 2.02 bits per heavy atom. The normalized spacial score (nSPS) is 14.9. The number of para-hydroxylation sites is 3. The molecule has 0 spiro atoms. The average molecular weight is 753 g/mol. The van der Waals surface area contributed by atoms with Gasteiger partial charge < -0.3 is 13.9 Å². The lowest BCUT2D eigenvalue weighted by Gasteiger charge is -2.29. The molecule has 0 bridgehead atoms. The van der Waals surface area contributed by atoms with Crippen molar-refractivity contribution in [2.75, 3.05) is 4.90 Å². The van der Waals surface area contributed by atoms with Crippen LogP contribution in [0.15, 0.2) is 205 Å². The summed E-state index contributed by atoms with van der Waals surface area (Å²) in [6, 6.07) is 73.1. The van der Waals surface area contributed by atoms with E-state index in [9.17, 15) is 0 Å². The van der Waals surface area contributed by atoms with Crippen molar-refractivity contribution >= 4 is 60.8 Å². The third-order valence-corrected chi connectivity index (χ3v) is 13.2. The molecule has 3 heterocycles. The molecule has 0 radical (unpaired) electrons. The average Bonchev–Trinajstić information content (AvgIpc) is 3.91. The van der Waals surface area contributed by atoms with Crippen molar-refractivity contribution in [2.45, 2.75) is 12.3 Å². The fourth-order valence-corrected chi connectivity index (χ4v) is 10.5. The Labute approximate surface area is 341 Å². The molecule has 1 unspecified atom stereocenters. The van der Waals surface area contributed by atoms with E-state index in [0.717, 1.165) is 39.0 Å². The maximum atomic E-state index is 6.72. The van der Waals surface area contributed by atoms with Crippen molar-refractivity contribution in [3.63, 3.8) is 0 Å². The number of hydrogen-bond acceptors (Lipinski definition) is 2. The number of rotatable bonds is 5. The number of hydrogen-bond donors (Lipinski definition) is 0. The van der Waals surface area contributed by atoms with Gasteiger partial charge >= 0.3 is 0 Å². The number of anilines is 3. The molecule has 9 aromatic carbocycles. The van der Waals surface area contributed by atoms with E-state index in [4.69, 9.17) is 4.42 Å². The number of aromatic nitrogens is 1. The molecule has 1 aliphatic heterocycles. The molecular weight excluding hydrogens is 717 g/mol. The van der Waals surface area contributed by atoms with E-state index in [-0.39, 0.29) is 5.41 Å². The van der Waals surface area contributed by atoms with Crippen LogP contribution in [0.2, 0.25) is 0 Å². The Kier molecular flexibility index (Phi) is 6.58. The first-order chi connectivity index (χ1) is 29.2. The Morgan fingerprint density at radius 1 is 0.475 bits per heavy atom. The fraction of sp³-hybridized carbons (Fsp3) is 0.0357. The summed E-state index contributed by atoms with van der Waals surface area (Å²) in [5.41, 5.74) is 19.9. The number of furan rings is 1. The molecule has 2 aliphatic rings. The van der Waals surface area contributed by atoms with Crippen molar-refractivity contribution in [1.29, 1.82) is 0 Å². The summed E-state index contributed by atoms with van der Waals surface area (Å²) in [4.78, 5) is 2.37. The zero-order valence-electron chi connectivity index (χ0n) is 32.4. The summed E-state index contributed by atoms with van der Waals surface area (Å²) in [7, 11) is 0. The van der Waals surface area contributed by atoms with Gasteiger partial charge in [-0.15, -0.1) is 0 Å². The zero-order chi connectivity index (χ0) is 38.8. The molecule has 0 amide bonds. The second-order valence-electron chi connectivity index (χ2n) is 16.2. The first kappa shape index (κ1) is 32.5. The molecule has 11 aromatic rings. The fourth-order valence-electron chi connectivity index (χ4n) is 10.5. The van der Waals surface area contributed by atoms with E-state index < -0.39 is 0 Å². The summed E-state index contributed by atoms with van der Waals surface area (Å²) in [6.07, 6.45) is 0. The first-order valence-corrected chi connectivity index (χ1v) is 20.4. The predicted octanol–water partition coefficient (Wildman–Crippen LogP) is 15.1. The van der Waals surface area contributed by atoms with Crippen LogP contribution >= 0.6 is 0 Å². The molecule has 3 nitrogen and oxygen atoms in total. The smallest absolute Gasteiger partial charge is 0.159 e. The van der Waals surface area contributed by atoms with Crippen LogP contribution in [0.5, 0.6) is 0 Å². The lowest BCUT2D eigenvalue weighted by molar-refractivity contribution is 0.669. The third-order valence-electron chi connectivity index (χ3n) is 13.2. The highest BCUT2D eigenvalue weighted by Gasteiger charge is 2.44. The van der Waals surface area contributed by atoms with Crippen LogP contribution in [0, 0.1) is 0 Å². The summed E-state index contributed by atoms with van der Waals surface area (Å²) < 4.78 is 9.26. The van der Waals surface area contributed by atoms with Crippen molar-refractivity contribution in [3.05, 3.63) is 217 Å². The Bertz CT molecular complexity index is 3500. The summed E-state index contributed by atoms with van der Waals surface area (Å²) in [5.74, 6) is 0. The highest BCUT2D eigenvalue weighted by Crippen LogP contribution is 2.60. The minimum absolute atomic E-state index is 0.303. The van der Waals surface area contributed by atoms with E-state index in [1.165, 1.54) is 77.6 Å². The minimum Gasteiger partial charge on any atom is -0.454 e. The second kappa shape index (κ2) is 12.0. The molecule has 1 aliphatic carbocycles. The largest absolute Gasteiger partial charge is 0.454 e. The van der Waals surface area contributed by atoms with Gasteiger partial charge in [0.05, 0.1) is 22.4 Å². The second-order valence-corrected chi connectivity index (χ2v) is 16.2. The molecule has 0 saturated heterocycles. The maximum Gasteiger partial charge on any atom is 0.159 e. The molecule has 276 valence electrons. The standard InChI is InChI=1S/C56H36N2O/c1-56(37-16-6-3-7-17-37)46-22-12-20-42-40-18-8-10-23-48(40)58-49-33-30-39(34-45(49)43-31-32-47(56)53(52(42)46)54(43)58)57(38-28-26-36(27-29-38)35-14-4-2-5-15-35)50-24-13-21-44-41-19-9-11-25-51(41)59-55(44)50/h2-34H,1H3. The molecule has 1 atom stereocenters. The number of fused-ring (bicyclic) bond motifs is 9. The summed E-state index contributed by atoms with van der Waals surface area (Å²) in [5, 5.41) is 4.68. The topological polar surface area (TPSA) is 21.3 Å². The Hall–Kier alpha value is -7.62. The molecule has 0 saturated carbocycles. The lowest BCUT2D eigenvalue weighted by atomic mass is 9.74. The van der Waals surface area contributed by atoms with Crippen LogP contribution in [0.25, 0.3) is 82.8 Å². The highest BCUT2D eigenvalue weighted by atomic mass is 16.3. The van der Waals surface area contributed by atoms with Crippen molar-refractivity contribution < 1.29 is 4.42 Å². The van der Waals surface area contributed by atoms with E-state index in [0.29, 0.717) is 0 Å². The maximum absolute atomic E-state index is 6.72. The molecule has 2 aromatic heterocycles. The van der Waals surface area contributed by atoms with Gasteiger partial charge in [-0.3, -0.25) is 0 Å². The molecule has 13 rings (SSSR count). The van der Waals surface area contributed by atoms with Gasteiger partial charge in [0.2, 0.25) is 0 Å². The third kappa shape index (κ3) is 4.36. The van der Waals surface area contributed by atoms with Crippen LogP contribution < -0.4 is 4.90 Å².